The van der Waals surface area contributed by atoms with Crippen molar-refractivity contribution >= 4 is 11.3 Å². The smallest absolute Gasteiger partial charge is 0.0959 e. The number of thiazole rings is 1. The van der Waals surface area contributed by atoms with Crippen molar-refractivity contribution in [1.82, 2.24) is 4.98 Å². The summed E-state index contributed by atoms with van der Waals surface area (Å²) >= 11 is 1.69. The van der Waals surface area contributed by atoms with Crippen LogP contribution in [0.1, 0.15) is 61.8 Å². The van der Waals surface area contributed by atoms with Crippen LogP contribution in [0.15, 0.2) is 6.20 Å². The van der Waals surface area contributed by atoms with Crippen molar-refractivity contribution in [3.8, 4) is 0 Å². The summed E-state index contributed by atoms with van der Waals surface area (Å²) < 4.78 is 0. The lowest BCUT2D eigenvalue weighted by molar-refractivity contribution is 0.0823. The number of nitrogens with zero attached hydrogens (tertiary/aromatic N) is 1. The van der Waals surface area contributed by atoms with Crippen molar-refractivity contribution in [3.63, 3.8) is 0 Å². The van der Waals surface area contributed by atoms with Gasteiger partial charge in [-0.1, -0.05) is 19.3 Å². The molecule has 1 fully saturated rings. The Labute approximate surface area is 95.4 Å². The molecule has 0 bridgehead atoms. The van der Waals surface area contributed by atoms with Crippen LogP contribution in [-0.4, -0.2) is 10.1 Å². The summed E-state index contributed by atoms with van der Waals surface area (Å²) in [7, 11) is 0. The zero-order valence-electron chi connectivity index (χ0n) is 9.49. The van der Waals surface area contributed by atoms with Crippen molar-refractivity contribution in [1.29, 1.82) is 0 Å². The summed E-state index contributed by atoms with van der Waals surface area (Å²) in [5.74, 6) is 0.653. The molecule has 2 nitrogen and oxygen atoms in total. The van der Waals surface area contributed by atoms with Gasteiger partial charge in [0, 0.05) is 12.1 Å². The van der Waals surface area contributed by atoms with Crippen LogP contribution in [-0.2, 0) is 5.60 Å². The van der Waals surface area contributed by atoms with Crippen LogP contribution in [0.4, 0.5) is 0 Å². The maximum absolute atomic E-state index is 9.87. The Morgan fingerprint density at radius 3 is 2.53 bits per heavy atom. The Hall–Kier alpha value is -0.410. The van der Waals surface area contributed by atoms with Gasteiger partial charge in [-0.25, -0.2) is 4.98 Å². The van der Waals surface area contributed by atoms with E-state index in [1.165, 1.54) is 37.1 Å². The van der Waals surface area contributed by atoms with Gasteiger partial charge < -0.3 is 5.11 Å². The Kier molecular flexibility index (Phi) is 3.12. The van der Waals surface area contributed by atoms with Crippen LogP contribution in [0.5, 0.6) is 0 Å². The van der Waals surface area contributed by atoms with Crippen molar-refractivity contribution in [3.05, 3.63) is 16.1 Å². The van der Waals surface area contributed by atoms with Gasteiger partial charge in [0.1, 0.15) is 0 Å². The first-order chi connectivity index (χ1) is 7.07. The molecule has 0 unspecified atom stereocenters. The van der Waals surface area contributed by atoms with Gasteiger partial charge in [0.15, 0.2) is 0 Å². The minimum Gasteiger partial charge on any atom is -0.385 e. The van der Waals surface area contributed by atoms with E-state index in [1.807, 2.05) is 20.0 Å². The third kappa shape index (κ3) is 2.58. The van der Waals surface area contributed by atoms with Gasteiger partial charge in [-0.15, -0.1) is 11.3 Å². The fourth-order valence-electron chi connectivity index (χ4n) is 2.11. The molecular formula is C12H19NOS. The number of aromatic nitrogens is 1. The minimum atomic E-state index is -0.732. The maximum Gasteiger partial charge on any atom is 0.0959 e. The van der Waals surface area contributed by atoms with Crippen LogP contribution in [0.2, 0.25) is 0 Å². The van der Waals surface area contributed by atoms with E-state index in [2.05, 4.69) is 4.98 Å². The molecule has 1 N–H and O–H groups in total. The van der Waals surface area contributed by atoms with Gasteiger partial charge in [0.2, 0.25) is 0 Å². The topological polar surface area (TPSA) is 33.1 Å². The second kappa shape index (κ2) is 4.22. The molecule has 0 aromatic carbocycles. The number of hydrogen-bond donors (Lipinski definition) is 1. The predicted octanol–water partition coefficient (Wildman–Crippen LogP) is 3.42. The molecule has 0 saturated heterocycles. The average Bonchev–Trinajstić information content (AvgIpc) is 2.67. The Bertz CT molecular complexity index is 321. The average molecular weight is 225 g/mol. The van der Waals surface area contributed by atoms with Gasteiger partial charge in [0.05, 0.1) is 15.5 Å². The molecule has 0 radical (unpaired) electrons. The van der Waals surface area contributed by atoms with E-state index in [1.54, 1.807) is 11.3 Å². The van der Waals surface area contributed by atoms with E-state index in [9.17, 15) is 5.11 Å². The zero-order chi connectivity index (χ0) is 10.9. The Morgan fingerprint density at radius 1 is 1.33 bits per heavy atom. The molecular weight excluding hydrogens is 206 g/mol. The van der Waals surface area contributed by atoms with Crippen molar-refractivity contribution < 1.29 is 5.11 Å². The molecule has 2 rings (SSSR count). The second-order valence-electron chi connectivity index (χ2n) is 4.96. The third-order valence-electron chi connectivity index (χ3n) is 3.08. The summed E-state index contributed by atoms with van der Waals surface area (Å²) in [4.78, 5) is 5.45. The standard InChI is InChI=1S/C12H19NOS/c1-12(2,14)10-8-13-11(15-10)9-6-4-3-5-7-9/h8-9,14H,3-7H2,1-2H3. The molecule has 84 valence electrons. The summed E-state index contributed by atoms with van der Waals surface area (Å²) in [6.07, 6.45) is 8.44. The molecule has 1 aromatic rings. The molecule has 1 heterocycles. The monoisotopic (exact) mass is 225 g/mol. The third-order valence-corrected chi connectivity index (χ3v) is 4.55. The summed E-state index contributed by atoms with van der Waals surface area (Å²) in [5.41, 5.74) is -0.732. The van der Waals surface area contributed by atoms with E-state index in [4.69, 9.17) is 0 Å². The largest absolute Gasteiger partial charge is 0.385 e. The van der Waals surface area contributed by atoms with Crippen LogP contribution in [0.3, 0.4) is 0 Å². The normalized spacial score (nSPS) is 19.4. The van der Waals surface area contributed by atoms with Crippen LogP contribution < -0.4 is 0 Å². The fraction of sp³-hybridized carbons (Fsp3) is 0.750. The van der Waals surface area contributed by atoms with Crippen LogP contribution in [0.25, 0.3) is 0 Å². The van der Waals surface area contributed by atoms with Crippen LogP contribution >= 0.6 is 11.3 Å². The molecule has 15 heavy (non-hydrogen) atoms. The van der Waals surface area contributed by atoms with Gasteiger partial charge in [0.25, 0.3) is 0 Å². The van der Waals surface area contributed by atoms with Gasteiger partial charge in [-0.05, 0) is 26.7 Å². The van der Waals surface area contributed by atoms with E-state index >= 15 is 0 Å². The lowest BCUT2D eigenvalue weighted by Crippen LogP contribution is -2.12. The lowest BCUT2D eigenvalue weighted by Gasteiger charge is -2.19. The number of rotatable bonds is 2. The van der Waals surface area contributed by atoms with E-state index in [0.29, 0.717) is 5.92 Å². The van der Waals surface area contributed by atoms with E-state index in [-0.39, 0.29) is 0 Å². The van der Waals surface area contributed by atoms with Gasteiger partial charge in [-0.2, -0.15) is 0 Å². The summed E-state index contributed by atoms with van der Waals surface area (Å²) in [5, 5.41) is 11.1. The zero-order valence-corrected chi connectivity index (χ0v) is 10.3. The Balaban J connectivity index is 2.12. The molecule has 1 aliphatic rings. The molecule has 3 heteroatoms. The first-order valence-corrected chi connectivity index (χ1v) is 6.57. The second-order valence-corrected chi connectivity index (χ2v) is 6.02. The molecule has 1 saturated carbocycles. The molecule has 0 spiro atoms. The summed E-state index contributed by atoms with van der Waals surface area (Å²) in [6.45, 7) is 3.65. The molecule has 1 aliphatic carbocycles. The first kappa shape index (κ1) is 11.1. The highest BCUT2D eigenvalue weighted by Crippen LogP contribution is 2.36. The number of hydrogen-bond acceptors (Lipinski definition) is 3. The van der Waals surface area contributed by atoms with Crippen LogP contribution in [0, 0.1) is 0 Å². The van der Waals surface area contributed by atoms with Crippen molar-refractivity contribution in [2.45, 2.75) is 57.5 Å². The Morgan fingerprint density at radius 2 is 2.00 bits per heavy atom. The lowest BCUT2D eigenvalue weighted by atomic mass is 9.90. The highest BCUT2D eigenvalue weighted by Gasteiger charge is 2.23. The minimum absolute atomic E-state index is 0.653. The fourth-order valence-corrected chi connectivity index (χ4v) is 3.20. The number of aliphatic hydroxyl groups is 1. The van der Waals surface area contributed by atoms with Crippen molar-refractivity contribution in [2.75, 3.05) is 0 Å². The molecule has 0 aliphatic heterocycles. The van der Waals surface area contributed by atoms with Crippen molar-refractivity contribution in [2.24, 2.45) is 0 Å². The first-order valence-electron chi connectivity index (χ1n) is 5.76. The quantitative estimate of drug-likeness (QED) is 0.836. The SMILES string of the molecule is CC(C)(O)c1cnc(C2CCCCC2)s1. The van der Waals surface area contributed by atoms with E-state index in [0.717, 1.165) is 4.88 Å². The summed E-state index contributed by atoms with van der Waals surface area (Å²) in [6, 6.07) is 0. The molecule has 0 atom stereocenters. The molecule has 1 aromatic heterocycles. The maximum atomic E-state index is 9.87. The van der Waals surface area contributed by atoms with Gasteiger partial charge in [-0.3, -0.25) is 0 Å². The van der Waals surface area contributed by atoms with E-state index < -0.39 is 5.60 Å². The highest BCUT2D eigenvalue weighted by molar-refractivity contribution is 7.11. The van der Waals surface area contributed by atoms with Gasteiger partial charge >= 0.3 is 0 Å². The highest BCUT2D eigenvalue weighted by atomic mass is 32.1. The molecule has 0 amide bonds. The predicted molar refractivity (Wildman–Crippen MR) is 63.2 cm³/mol.